The molecule has 5 nitrogen and oxygen atoms in total. The highest BCUT2D eigenvalue weighted by atomic mass is 32.2. The summed E-state index contributed by atoms with van der Waals surface area (Å²) in [7, 11) is 1.63. The second-order valence-electron chi connectivity index (χ2n) is 5.70. The van der Waals surface area contributed by atoms with Gasteiger partial charge in [-0.05, 0) is 60.7 Å². The van der Waals surface area contributed by atoms with Gasteiger partial charge in [-0.25, -0.2) is 4.99 Å². The van der Waals surface area contributed by atoms with Crippen LogP contribution in [0.5, 0.6) is 11.5 Å². The number of nitrogens with zero attached hydrogens (tertiary/aromatic N) is 2. The summed E-state index contributed by atoms with van der Waals surface area (Å²) in [5.74, 6) is 2.25. The zero-order valence-corrected chi connectivity index (χ0v) is 16.5. The van der Waals surface area contributed by atoms with Crippen LogP contribution in [0.1, 0.15) is 19.4 Å². The van der Waals surface area contributed by atoms with Crippen molar-refractivity contribution in [3.05, 3.63) is 59.8 Å². The molecule has 0 unspecified atom stereocenters. The summed E-state index contributed by atoms with van der Waals surface area (Å²) in [5.41, 5.74) is 2.10. The van der Waals surface area contributed by atoms with Gasteiger partial charge in [0.25, 0.3) is 5.91 Å². The van der Waals surface area contributed by atoms with Crippen LogP contribution in [-0.4, -0.2) is 30.5 Å². The number of benzene rings is 2. The van der Waals surface area contributed by atoms with Crippen LogP contribution in [0.15, 0.2) is 59.2 Å². The highest BCUT2D eigenvalue weighted by Crippen LogP contribution is 2.30. The number of thioether (sulfide) groups is 1. The quantitative estimate of drug-likeness (QED) is 0.686. The van der Waals surface area contributed by atoms with Gasteiger partial charge in [-0.3, -0.25) is 9.69 Å². The first kappa shape index (κ1) is 19.0. The summed E-state index contributed by atoms with van der Waals surface area (Å²) >= 11 is 1.54. The van der Waals surface area contributed by atoms with Gasteiger partial charge in [-0.15, -0.1) is 0 Å². The second kappa shape index (κ2) is 8.77. The molecule has 6 heteroatoms. The zero-order valence-electron chi connectivity index (χ0n) is 15.6. The number of ether oxygens (including phenoxy) is 2. The fourth-order valence-corrected chi connectivity index (χ4v) is 3.40. The van der Waals surface area contributed by atoms with Crippen molar-refractivity contribution < 1.29 is 14.3 Å². The molecular formula is C21H22N2O3S. The molecule has 140 valence electrons. The first-order valence-electron chi connectivity index (χ1n) is 8.80. The minimum atomic E-state index is -0.133. The van der Waals surface area contributed by atoms with E-state index in [2.05, 4.69) is 4.99 Å². The molecule has 0 N–H and O–H groups in total. The van der Waals surface area contributed by atoms with E-state index < -0.39 is 0 Å². The minimum absolute atomic E-state index is 0.133. The van der Waals surface area contributed by atoms with Gasteiger partial charge >= 0.3 is 0 Å². The van der Waals surface area contributed by atoms with Crippen molar-refractivity contribution in [2.24, 2.45) is 4.99 Å². The van der Waals surface area contributed by atoms with Crippen LogP contribution in [0, 0.1) is 0 Å². The lowest BCUT2D eigenvalue weighted by Crippen LogP contribution is -2.30. The van der Waals surface area contributed by atoms with E-state index >= 15 is 0 Å². The topological polar surface area (TPSA) is 51.1 Å². The maximum absolute atomic E-state index is 13.0. The van der Waals surface area contributed by atoms with E-state index in [1.165, 1.54) is 0 Å². The van der Waals surface area contributed by atoms with Gasteiger partial charge in [-0.2, -0.15) is 0 Å². The lowest BCUT2D eigenvalue weighted by Gasteiger charge is -2.17. The Morgan fingerprint density at radius 1 is 1.04 bits per heavy atom. The molecule has 2 aromatic carbocycles. The highest BCUT2D eigenvalue weighted by Gasteiger charge is 2.31. The average molecular weight is 382 g/mol. The van der Waals surface area contributed by atoms with Crippen LogP contribution in [0.25, 0.3) is 6.08 Å². The van der Waals surface area contributed by atoms with E-state index in [4.69, 9.17) is 9.47 Å². The molecule has 0 saturated carbocycles. The van der Waals surface area contributed by atoms with Crippen molar-refractivity contribution in [2.75, 3.05) is 24.4 Å². The molecule has 1 aliphatic heterocycles. The lowest BCUT2D eigenvalue weighted by atomic mass is 10.2. The first-order valence-corrected chi connectivity index (χ1v) is 9.79. The lowest BCUT2D eigenvalue weighted by molar-refractivity contribution is -0.113. The second-order valence-corrected chi connectivity index (χ2v) is 6.93. The molecule has 27 heavy (non-hydrogen) atoms. The summed E-state index contributed by atoms with van der Waals surface area (Å²) in [6.07, 6.45) is 1.80. The van der Waals surface area contributed by atoms with E-state index in [0.717, 1.165) is 28.5 Å². The highest BCUT2D eigenvalue weighted by molar-refractivity contribution is 8.14. The van der Waals surface area contributed by atoms with Crippen molar-refractivity contribution in [2.45, 2.75) is 13.8 Å². The summed E-state index contributed by atoms with van der Waals surface area (Å²) in [4.78, 5) is 19.2. The third-order valence-corrected chi connectivity index (χ3v) is 4.75. The predicted molar refractivity (Wildman–Crippen MR) is 112 cm³/mol. The van der Waals surface area contributed by atoms with Crippen molar-refractivity contribution in [3.63, 3.8) is 0 Å². The van der Waals surface area contributed by atoms with Gasteiger partial charge in [0.05, 0.1) is 19.4 Å². The Labute approximate surface area is 163 Å². The number of methoxy groups -OCH3 is 1. The van der Waals surface area contributed by atoms with Crippen LogP contribution < -0.4 is 14.4 Å². The van der Waals surface area contributed by atoms with Crippen LogP contribution >= 0.6 is 11.8 Å². The van der Waals surface area contributed by atoms with Gasteiger partial charge < -0.3 is 9.47 Å². The number of carbonyl (C=O) groups is 1. The van der Waals surface area contributed by atoms with E-state index in [-0.39, 0.29) is 5.91 Å². The Morgan fingerprint density at radius 2 is 1.70 bits per heavy atom. The summed E-state index contributed by atoms with van der Waals surface area (Å²) in [6.45, 7) is 4.59. The van der Waals surface area contributed by atoms with Gasteiger partial charge in [0.15, 0.2) is 5.17 Å². The molecule has 1 aliphatic rings. The fraction of sp³-hybridized carbons (Fsp3) is 0.238. The predicted octanol–water partition coefficient (Wildman–Crippen LogP) is 4.59. The SMILES string of the molecule is CCOc1ccc(N2C(=O)C(=Cc3ccc(OC)cc3)N=C2SCC)cc1. The summed E-state index contributed by atoms with van der Waals surface area (Å²) in [5, 5.41) is 0.687. The fourth-order valence-electron chi connectivity index (χ4n) is 2.67. The Hall–Kier alpha value is -2.73. The Kier molecular flexibility index (Phi) is 6.19. The van der Waals surface area contributed by atoms with Crippen molar-refractivity contribution in [1.82, 2.24) is 0 Å². The molecular weight excluding hydrogens is 360 g/mol. The van der Waals surface area contributed by atoms with E-state index in [1.807, 2.05) is 62.4 Å². The maximum Gasteiger partial charge on any atom is 0.283 e. The number of amides is 1. The third-order valence-electron chi connectivity index (χ3n) is 3.93. The Balaban J connectivity index is 1.89. The molecule has 0 spiro atoms. The number of hydrogen-bond donors (Lipinski definition) is 0. The number of carbonyl (C=O) groups excluding carboxylic acids is 1. The van der Waals surface area contributed by atoms with E-state index in [0.29, 0.717) is 17.5 Å². The molecule has 3 rings (SSSR count). The van der Waals surface area contributed by atoms with Gasteiger partial charge in [-0.1, -0.05) is 30.8 Å². The van der Waals surface area contributed by atoms with Crippen LogP contribution in [0.2, 0.25) is 0 Å². The minimum Gasteiger partial charge on any atom is -0.497 e. The van der Waals surface area contributed by atoms with Gasteiger partial charge in [0, 0.05) is 0 Å². The number of amidine groups is 1. The van der Waals surface area contributed by atoms with Gasteiger partial charge in [0.2, 0.25) is 0 Å². The molecule has 0 aromatic heterocycles. The van der Waals surface area contributed by atoms with Crippen molar-refractivity contribution in [3.8, 4) is 11.5 Å². The molecule has 0 radical (unpaired) electrons. The largest absolute Gasteiger partial charge is 0.497 e. The van der Waals surface area contributed by atoms with E-state index in [1.54, 1.807) is 29.8 Å². The van der Waals surface area contributed by atoms with Crippen molar-refractivity contribution >= 4 is 34.6 Å². The van der Waals surface area contributed by atoms with Crippen LogP contribution in [0.4, 0.5) is 5.69 Å². The molecule has 0 bridgehead atoms. The Morgan fingerprint density at radius 3 is 2.30 bits per heavy atom. The van der Waals surface area contributed by atoms with Crippen molar-refractivity contribution in [1.29, 1.82) is 0 Å². The summed E-state index contributed by atoms with van der Waals surface area (Å²) < 4.78 is 10.7. The number of aliphatic imine (C=N–C) groups is 1. The molecule has 2 aromatic rings. The molecule has 1 amide bonds. The number of hydrogen-bond acceptors (Lipinski definition) is 5. The Bertz CT molecular complexity index is 858. The zero-order chi connectivity index (χ0) is 19.2. The first-order chi connectivity index (χ1) is 13.2. The standard InChI is InChI=1S/C21H22N2O3S/c1-4-26-18-12-8-16(9-13-18)23-20(24)19(22-21(23)27-5-2)14-15-6-10-17(25-3)11-7-15/h6-14H,4-5H2,1-3H3. The molecule has 0 saturated heterocycles. The summed E-state index contributed by atoms with van der Waals surface area (Å²) in [6, 6.07) is 15.0. The smallest absolute Gasteiger partial charge is 0.283 e. The van der Waals surface area contributed by atoms with Gasteiger partial charge in [0.1, 0.15) is 17.2 Å². The monoisotopic (exact) mass is 382 g/mol. The molecule has 1 heterocycles. The third kappa shape index (κ3) is 4.34. The number of anilines is 1. The molecule has 0 atom stereocenters. The van der Waals surface area contributed by atoms with E-state index in [9.17, 15) is 4.79 Å². The maximum atomic E-state index is 13.0. The molecule has 0 aliphatic carbocycles. The van der Waals surface area contributed by atoms with Crippen LogP contribution in [0.3, 0.4) is 0 Å². The van der Waals surface area contributed by atoms with Crippen LogP contribution in [-0.2, 0) is 4.79 Å². The number of rotatable bonds is 6. The average Bonchev–Trinajstić information content (AvgIpc) is 2.99. The normalized spacial score (nSPS) is 15.2. The molecule has 0 fully saturated rings.